The van der Waals surface area contributed by atoms with Crippen LogP contribution in [-0.2, 0) is 23.2 Å². The molecule has 31 heavy (non-hydrogen) atoms. The Morgan fingerprint density at radius 2 is 1.87 bits per heavy atom. The summed E-state index contributed by atoms with van der Waals surface area (Å²) in [6.45, 7) is 2.57. The van der Waals surface area contributed by atoms with E-state index in [1.807, 2.05) is 48.5 Å². The van der Waals surface area contributed by atoms with Gasteiger partial charge in [-0.2, -0.15) is 0 Å². The van der Waals surface area contributed by atoms with E-state index >= 15 is 0 Å². The van der Waals surface area contributed by atoms with E-state index in [2.05, 4.69) is 20.9 Å². The second-order valence-electron chi connectivity index (χ2n) is 7.87. The van der Waals surface area contributed by atoms with E-state index in [1.54, 1.807) is 12.4 Å². The Morgan fingerprint density at radius 3 is 2.58 bits per heavy atom. The highest BCUT2D eigenvalue weighted by Gasteiger charge is 2.26. The normalized spacial score (nSPS) is 17.0. The maximum absolute atomic E-state index is 11.5. The molecule has 2 aromatic heterocycles. The molecule has 8 heteroatoms. The molecule has 0 aliphatic carbocycles. The summed E-state index contributed by atoms with van der Waals surface area (Å²) in [5.74, 6) is 0.882. The zero-order chi connectivity index (χ0) is 21.7. The minimum atomic E-state index is -3.46. The Balaban J connectivity index is 1.53. The fraction of sp³-hybridized carbons (Fsp3) is 0.304. The van der Waals surface area contributed by atoms with Crippen molar-refractivity contribution in [2.45, 2.75) is 19.6 Å². The first kappa shape index (κ1) is 21.4. The van der Waals surface area contributed by atoms with Crippen molar-refractivity contribution >= 4 is 10.0 Å². The standard InChI is InChI=1S/C23H26N4O3S/c24-31(28,29)17-18-9-12-27(14-18)15-20-13-19(22-6-2-4-11-26-22)7-8-23(20)30-16-21-5-1-3-10-25-21/h1-8,10-11,13,18H,9,12,14-17H2,(H2,24,28,29). The molecular weight excluding hydrogens is 412 g/mol. The van der Waals surface area contributed by atoms with Crippen LogP contribution in [0, 0.1) is 5.92 Å². The molecule has 0 spiro atoms. The molecule has 1 fully saturated rings. The molecule has 1 atom stereocenters. The molecule has 1 unspecified atom stereocenters. The number of nitrogens with two attached hydrogens (primary N) is 1. The lowest BCUT2D eigenvalue weighted by Gasteiger charge is -2.19. The van der Waals surface area contributed by atoms with Crippen LogP contribution in [0.3, 0.4) is 0 Å². The summed E-state index contributed by atoms with van der Waals surface area (Å²) in [6.07, 6.45) is 4.35. The molecule has 0 amide bonds. The van der Waals surface area contributed by atoms with Gasteiger partial charge in [0.2, 0.25) is 10.0 Å². The van der Waals surface area contributed by atoms with Crippen LogP contribution in [0.1, 0.15) is 17.7 Å². The zero-order valence-electron chi connectivity index (χ0n) is 17.2. The molecule has 1 saturated heterocycles. The summed E-state index contributed by atoms with van der Waals surface area (Å²) < 4.78 is 29.0. The summed E-state index contributed by atoms with van der Waals surface area (Å²) in [7, 11) is -3.46. The summed E-state index contributed by atoms with van der Waals surface area (Å²) >= 11 is 0. The summed E-state index contributed by atoms with van der Waals surface area (Å²) in [5.41, 5.74) is 3.81. The quantitative estimate of drug-likeness (QED) is 0.581. The predicted molar refractivity (Wildman–Crippen MR) is 120 cm³/mol. The van der Waals surface area contributed by atoms with E-state index < -0.39 is 10.0 Å². The number of benzene rings is 1. The van der Waals surface area contributed by atoms with Crippen molar-refractivity contribution in [1.82, 2.24) is 14.9 Å². The van der Waals surface area contributed by atoms with Gasteiger partial charge in [0.15, 0.2) is 0 Å². The van der Waals surface area contributed by atoms with Crippen LogP contribution in [0.15, 0.2) is 67.0 Å². The molecule has 2 N–H and O–H groups in total. The largest absolute Gasteiger partial charge is 0.487 e. The molecule has 0 saturated carbocycles. The molecular formula is C23H26N4O3S. The van der Waals surface area contributed by atoms with E-state index in [0.29, 0.717) is 19.7 Å². The smallest absolute Gasteiger partial charge is 0.209 e. The number of ether oxygens (including phenoxy) is 1. The number of likely N-dealkylation sites (tertiary alicyclic amines) is 1. The van der Waals surface area contributed by atoms with Gasteiger partial charge in [-0.1, -0.05) is 12.1 Å². The number of rotatable bonds is 8. The van der Waals surface area contributed by atoms with Crippen molar-refractivity contribution in [3.63, 3.8) is 0 Å². The molecule has 1 aliphatic heterocycles. The summed E-state index contributed by atoms with van der Waals surface area (Å²) in [5, 5.41) is 5.24. The minimum absolute atomic E-state index is 0.0283. The Bertz CT molecular complexity index is 1110. The first-order chi connectivity index (χ1) is 15.0. The fourth-order valence-electron chi connectivity index (χ4n) is 3.93. The van der Waals surface area contributed by atoms with E-state index in [0.717, 1.165) is 41.2 Å². The number of nitrogens with zero attached hydrogens (tertiary/aromatic N) is 3. The van der Waals surface area contributed by atoms with Crippen LogP contribution in [0.5, 0.6) is 5.75 Å². The maximum Gasteiger partial charge on any atom is 0.209 e. The topological polar surface area (TPSA) is 98.4 Å². The van der Waals surface area contributed by atoms with Crippen molar-refractivity contribution in [3.8, 4) is 17.0 Å². The molecule has 3 heterocycles. The van der Waals surface area contributed by atoms with E-state index in [4.69, 9.17) is 9.88 Å². The predicted octanol–water partition coefficient (Wildman–Crippen LogP) is 2.83. The second-order valence-corrected chi connectivity index (χ2v) is 9.53. The van der Waals surface area contributed by atoms with Crippen molar-refractivity contribution in [1.29, 1.82) is 0 Å². The third-order valence-electron chi connectivity index (χ3n) is 5.35. The average molecular weight is 439 g/mol. The number of aromatic nitrogens is 2. The molecule has 7 nitrogen and oxygen atoms in total. The Hall–Kier alpha value is -2.81. The monoisotopic (exact) mass is 438 g/mol. The maximum atomic E-state index is 11.5. The number of primary sulfonamides is 1. The third-order valence-corrected chi connectivity index (χ3v) is 6.29. The highest BCUT2D eigenvalue weighted by Crippen LogP contribution is 2.29. The van der Waals surface area contributed by atoms with Gasteiger partial charge in [-0.15, -0.1) is 0 Å². The Kier molecular flexibility index (Phi) is 6.60. The van der Waals surface area contributed by atoms with E-state index in [1.165, 1.54) is 0 Å². The van der Waals surface area contributed by atoms with Gasteiger partial charge < -0.3 is 4.74 Å². The van der Waals surface area contributed by atoms with Gasteiger partial charge in [0.25, 0.3) is 0 Å². The van der Waals surface area contributed by atoms with Crippen LogP contribution in [0.25, 0.3) is 11.3 Å². The second kappa shape index (κ2) is 9.55. The lowest BCUT2D eigenvalue weighted by molar-refractivity contribution is 0.280. The first-order valence-corrected chi connectivity index (χ1v) is 12.0. The fourth-order valence-corrected chi connectivity index (χ4v) is 4.86. The van der Waals surface area contributed by atoms with Gasteiger partial charge in [0.1, 0.15) is 12.4 Å². The van der Waals surface area contributed by atoms with Gasteiger partial charge in [0.05, 0.1) is 17.1 Å². The number of pyridine rings is 2. The van der Waals surface area contributed by atoms with Crippen LogP contribution < -0.4 is 9.88 Å². The summed E-state index contributed by atoms with van der Waals surface area (Å²) in [4.78, 5) is 11.0. The van der Waals surface area contributed by atoms with Gasteiger partial charge in [-0.3, -0.25) is 14.9 Å². The van der Waals surface area contributed by atoms with Crippen molar-refractivity contribution in [2.24, 2.45) is 11.1 Å². The molecule has 1 aliphatic rings. The molecule has 3 aromatic rings. The Labute approximate surface area is 183 Å². The number of hydrogen-bond donors (Lipinski definition) is 1. The van der Waals surface area contributed by atoms with Crippen molar-refractivity contribution in [2.75, 3.05) is 18.8 Å². The minimum Gasteiger partial charge on any atom is -0.487 e. The summed E-state index contributed by atoms with van der Waals surface area (Å²) in [6, 6.07) is 17.7. The molecule has 4 rings (SSSR count). The van der Waals surface area contributed by atoms with Crippen LogP contribution in [-0.4, -0.2) is 42.1 Å². The highest BCUT2D eigenvalue weighted by atomic mass is 32.2. The average Bonchev–Trinajstić information content (AvgIpc) is 3.19. The first-order valence-electron chi connectivity index (χ1n) is 10.3. The van der Waals surface area contributed by atoms with Crippen LogP contribution in [0.2, 0.25) is 0 Å². The lowest BCUT2D eigenvalue weighted by Crippen LogP contribution is -2.26. The van der Waals surface area contributed by atoms with E-state index in [-0.39, 0.29) is 11.7 Å². The SMILES string of the molecule is NS(=O)(=O)CC1CCN(Cc2cc(-c3ccccn3)ccc2OCc2ccccn2)C1. The third kappa shape index (κ3) is 6.10. The van der Waals surface area contributed by atoms with Gasteiger partial charge in [0, 0.05) is 36.6 Å². The van der Waals surface area contributed by atoms with Crippen molar-refractivity contribution < 1.29 is 13.2 Å². The molecule has 162 valence electrons. The van der Waals surface area contributed by atoms with E-state index in [9.17, 15) is 8.42 Å². The molecule has 1 aromatic carbocycles. The van der Waals surface area contributed by atoms with Crippen molar-refractivity contribution in [3.05, 3.63) is 78.2 Å². The van der Waals surface area contributed by atoms with Crippen LogP contribution >= 0.6 is 0 Å². The molecule has 0 radical (unpaired) electrons. The van der Waals surface area contributed by atoms with Crippen LogP contribution in [0.4, 0.5) is 0 Å². The zero-order valence-corrected chi connectivity index (χ0v) is 18.0. The number of hydrogen-bond acceptors (Lipinski definition) is 6. The van der Waals surface area contributed by atoms with Gasteiger partial charge in [-0.05, 0) is 61.3 Å². The highest BCUT2D eigenvalue weighted by molar-refractivity contribution is 7.89. The van der Waals surface area contributed by atoms with Gasteiger partial charge >= 0.3 is 0 Å². The number of sulfonamides is 1. The van der Waals surface area contributed by atoms with Gasteiger partial charge in [-0.25, -0.2) is 13.6 Å². The molecule has 0 bridgehead atoms. The lowest BCUT2D eigenvalue weighted by atomic mass is 10.1. The Morgan fingerprint density at radius 1 is 1.06 bits per heavy atom.